The average Bonchev–Trinajstić information content (AvgIpc) is 2.84. The Labute approximate surface area is 96.8 Å². The van der Waals surface area contributed by atoms with Crippen LogP contribution in [0.4, 0.5) is 5.82 Å². The van der Waals surface area contributed by atoms with Crippen LogP contribution in [0.1, 0.15) is 12.8 Å². The number of carbonyl (C=O) groups excluding carboxylic acids is 1. The van der Waals surface area contributed by atoms with Gasteiger partial charge in [0, 0.05) is 13.6 Å². The highest BCUT2D eigenvalue weighted by molar-refractivity contribution is 6.99. The normalized spacial score (nSPS) is 20.7. The fraction of sp³-hybridized carbons (Fsp3) is 0.625. The minimum absolute atomic E-state index is 0.0107. The lowest BCUT2D eigenvalue weighted by atomic mass is 10.2. The zero-order chi connectivity index (χ0) is 10.8. The molecule has 1 fully saturated rings. The quantitative estimate of drug-likeness (QED) is 0.843. The van der Waals surface area contributed by atoms with E-state index < -0.39 is 0 Å². The lowest BCUT2D eigenvalue weighted by molar-refractivity contribution is -0.121. The van der Waals surface area contributed by atoms with Gasteiger partial charge in [-0.25, -0.2) is 0 Å². The topological polar surface area (TPSA) is 58.1 Å². The summed E-state index contributed by atoms with van der Waals surface area (Å²) in [5.74, 6) is 0.643. The minimum atomic E-state index is -0.156. The molecule has 2 heterocycles. The van der Waals surface area contributed by atoms with Gasteiger partial charge in [0.2, 0.25) is 5.91 Å². The van der Waals surface area contributed by atoms with Crippen molar-refractivity contribution in [3.63, 3.8) is 0 Å². The highest BCUT2D eigenvalue weighted by atomic mass is 35.5. The predicted octanol–water partition coefficient (Wildman–Crippen LogP) is 0.906. The zero-order valence-corrected chi connectivity index (χ0v) is 9.81. The van der Waals surface area contributed by atoms with E-state index in [1.54, 1.807) is 7.05 Å². The second-order valence-electron chi connectivity index (χ2n) is 3.34. The summed E-state index contributed by atoms with van der Waals surface area (Å²) in [5.41, 5.74) is 0. The van der Waals surface area contributed by atoms with Crippen molar-refractivity contribution in [2.75, 3.05) is 18.5 Å². The van der Waals surface area contributed by atoms with Crippen molar-refractivity contribution >= 4 is 35.1 Å². The molecule has 1 amide bonds. The molecule has 0 radical (unpaired) electrons. The summed E-state index contributed by atoms with van der Waals surface area (Å²) >= 11 is 6.97. The van der Waals surface area contributed by atoms with E-state index in [-0.39, 0.29) is 11.9 Å². The van der Waals surface area contributed by atoms with Crippen molar-refractivity contribution < 1.29 is 4.79 Å². The maximum absolute atomic E-state index is 11.6. The van der Waals surface area contributed by atoms with E-state index in [2.05, 4.69) is 14.1 Å². The van der Waals surface area contributed by atoms with Gasteiger partial charge in [-0.3, -0.25) is 4.79 Å². The number of nitrogens with zero attached hydrogens (tertiary/aromatic N) is 3. The number of likely N-dealkylation sites (N-methyl/N-ethyl adjacent to an activating group) is 1. The summed E-state index contributed by atoms with van der Waals surface area (Å²) in [7, 11) is 1.64. The third-order valence-electron chi connectivity index (χ3n) is 2.51. The van der Waals surface area contributed by atoms with Crippen LogP contribution in [0, 0.1) is 0 Å². The molecule has 1 atom stereocenters. The Hall–Kier alpha value is -0.880. The SMILES string of the molecule is CNC(=O)C1CCCN1c1nsnc1Cl. The molecule has 5 nitrogen and oxygen atoms in total. The molecule has 1 aliphatic rings. The first-order valence-corrected chi connectivity index (χ1v) is 5.81. The fourth-order valence-electron chi connectivity index (χ4n) is 1.80. The summed E-state index contributed by atoms with van der Waals surface area (Å²) in [6.45, 7) is 0.809. The molecular formula is C8H11ClN4OS. The van der Waals surface area contributed by atoms with Crippen molar-refractivity contribution in [1.82, 2.24) is 14.1 Å². The Kier molecular flexibility index (Phi) is 3.06. The molecule has 0 saturated carbocycles. The second kappa shape index (κ2) is 4.32. The van der Waals surface area contributed by atoms with Crippen LogP contribution in [0.3, 0.4) is 0 Å². The number of anilines is 1. The number of halogens is 1. The molecule has 15 heavy (non-hydrogen) atoms. The molecule has 1 aromatic heterocycles. The lowest BCUT2D eigenvalue weighted by Crippen LogP contribution is -2.42. The van der Waals surface area contributed by atoms with E-state index in [1.807, 2.05) is 4.90 Å². The van der Waals surface area contributed by atoms with Crippen molar-refractivity contribution in [2.24, 2.45) is 0 Å². The van der Waals surface area contributed by atoms with Crippen molar-refractivity contribution in [3.05, 3.63) is 5.15 Å². The minimum Gasteiger partial charge on any atom is -0.357 e. The maximum atomic E-state index is 11.6. The van der Waals surface area contributed by atoms with Gasteiger partial charge in [0.15, 0.2) is 11.0 Å². The van der Waals surface area contributed by atoms with Crippen LogP contribution in [0.2, 0.25) is 5.15 Å². The molecule has 0 aliphatic carbocycles. The van der Waals surface area contributed by atoms with Crippen LogP contribution < -0.4 is 10.2 Å². The molecule has 0 spiro atoms. The molecule has 82 valence electrons. The van der Waals surface area contributed by atoms with E-state index in [4.69, 9.17) is 11.6 Å². The summed E-state index contributed by atoms with van der Waals surface area (Å²) in [6.07, 6.45) is 1.82. The molecule has 1 aliphatic heterocycles. The number of carbonyl (C=O) groups is 1. The Morgan fingerprint density at radius 2 is 2.47 bits per heavy atom. The summed E-state index contributed by atoms with van der Waals surface area (Å²) in [4.78, 5) is 13.5. The van der Waals surface area contributed by atoms with Gasteiger partial charge in [-0.2, -0.15) is 8.75 Å². The number of aromatic nitrogens is 2. The van der Waals surface area contributed by atoms with Crippen LogP contribution in [-0.4, -0.2) is 34.3 Å². The van der Waals surface area contributed by atoms with Gasteiger partial charge in [-0.1, -0.05) is 11.6 Å². The first kappa shape index (κ1) is 10.6. The van der Waals surface area contributed by atoms with E-state index in [1.165, 1.54) is 0 Å². The van der Waals surface area contributed by atoms with Gasteiger partial charge in [0.05, 0.1) is 11.7 Å². The van der Waals surface area contributed by atoms with Crippen LogP contribution in [-0.2, 0) is 4.79 Å². The molecule has 1 aromatic rings. The number of amides is 1. The zero-order valence-electron chi connectivity index (χ0n) is 8.23. The van der Waals surface area contributed by atoms with Gasteiger partial charge < -0.3 is 10.2 Å². The fourth-order valence-corrected chi connectivity index (χ4v) is 2.56. The third-order valence-corrected chi connectivity index (χ3v) is 3.38. The number of hydrogen-bond acceptors (Lipinski definition) is 5. The third kappa shape index (κ3) is 1.91. The monoisotopic (exact) mass is 246 g/mol. The lowest BCUT2D eigenvalue weighted by Gasteiger charge is -2.22. The van der Waals surface area contributed by atoms with E-state index in [0.29, 0.717) is 11.0 Å². The molecule has 0 aromatic carbocycles. The van der Waals surface area contributed by atoms with Crippen LogP contribution in [0.25, 0.3) is 0 Å². The van der Waals surface area contributed by atoms with Gasteiger partial charge in [-0.15, -0.1) is 0 Å². The van der Waals surface area contributed by atoms with Crippen molar-refractivity contribution in [3.8, 4) is 0 Å². The Balaban J connectivity index is 2.22. The van der Waals surface area contributed by atoms with Crippen LogP contribution in [0.5, 0.6) is 0 Å². The van der Waals surface area contributed by atoms with Crippen molar-refractivity contribution in [2.45, 2.75) is 18.9 Å². The highest BCUT2D eigenvalue weighted by Gasteiger charge is 2.32. The highest BCUT2D eigenvalue weighted by Crippen LogP contribution is 2.29. The van der Waals surface area contributed by atoms with Gasteiger partial charge in [0.25, 0.3) is 0 Å². The van der Waals surface area contributed by atoms with E-state index in [0.717, 1.165) is 31.1 Å². The molecule has 0 bridgehead atoms. The first-order chi connectivity index (χ1) is 7.24. The summed E-state index contributed by atoms with van der Waals surface area (Å²) < 4.78 is 8.01. The second-order valence-corrected chi connectivity index (χ2v) is 4.23. The summed E-state index contributed by atoms with van der Waals surface area (Å²) in [5, 5.41) is 3.03. The molecule has 1 saturated heterocycles. The van der Waals surface area contributed by atoms with Gasteiger partial charge in [-0.05, 0) is 12.8 Å². The maximum Gasteiger partial charge on any atom is 0.242 e. The number of rotatable bonds is 2. The Bertz CT molecular complexity index is 369. The summed E-state index contributed by atoms with van der Waals surface area (Å²) in [6, 6.07) is -0.156. The molecule has 1 unspecified atom stereocenters. The van der Waals surface area contributed by atoms with Gasteiger partial charge in [0.1, 0.15) is 6.04 Å². The van der Waals surface area contributed by atoms with E-state index in [9.17, 15) is 4.79 Å². The molecule has 7 heteroatoms. The largest absolute Gasteiger partial charge is 0.357 e. The molecular weight excluding hydrogens is 236 g/mol. The van der Waals surface area contributed by atoms with Crippen LogP contribution >= 0.6 is 23.3 Å². The average molecular weight is 247 g/mol. The predicted molar refractivity (Wildman–Crippen MR) is 59.4 cm³/mol. The van der Waals surface area contributed by atoms with Crippen molar-refractivity contribution in [1.29, 1.82) is 0 Å². The smallest absolute Gasteiger partial charge is 0.242 e. The molecule has 1 N–H and O–H groups in total. The Morgan fingerprint density at radius 1 is 1.67 bits per heavy atom. The van der Waals surface area contributed by atoms with E-state index >= 15 is 0 Å². The number of hydrogen-bond donors (Lipinski definition) is 1. The van der Waals surface area contributed by atoms with Gasteiger partial charge >= 0.3 is 0 Å². The van der Waals surface area contributed by atoms with Crippen LogP contribution in [0.15, 0.2) is 0 Å². The first-order valence-electron chi connectivity index (χ1n) is 4.70. The number of nitrogens with one attached hydrogen (secondary N) is 1. The Morgan fingerprint density at radius 3 is 3.07 bits per heavy atom. The molecule has 2 rings (SSSR count). The standard InChI is InChI=1S/C8H11ClN4OS/c1-10-8(14)5-3-2-4-13(5)7-6(9)11-15-12-7/h5H,2-4H2,1H3,(H,10,14).